The van der Waals surface area contributed by atoms with E-state index in [4.69, 9.17) is 0 Å². The number of hydrogen-bond donors (Lipinski definition) is 2. The number of alkyl halides is 4. The topological polar surface area (TPSA) is 69.9 Å². The van der Waals surface area contributed by atoms with Gasteiger partial charge in [-0.15, -0.1) is 11.8 Å². The average molecular weight is 639 g/mol. The SMILES string of the molecule is Cc1c(C(F)(F)F)nn(C2C=Cc3ccccc32)c1-c1cc(SCCCCCCCCCCF)ccc1-c1ccccc1.NN. The summed E-state index contributed by atoms with van der Waals surface area (Å²) in [6.07, 6.45) is 7.78. The van der Waals surface area contributed by atoms with Crippen LogP contribution in [0, 0.1) is 6.92 Å². The Labute approximate surface area is 267 Å². The molecule has 45 heavy (non-hydrogen) atoms. The van der Waals surface area contributed by atoms with Crippen LogP contribution in [0.25, 0.3) is 28.5 Å². The molecule has 1 aliphatic carbocycles. The number of benzene rings is 3. The molecular weight excluding hydrogens is 596 g/mol. The highest BCUT2D eigenvalue weighted by atomic mass is 32.2. The molecule has 0 saturated heterocycles. The van der Waals surface area contributed by atoms with E-state index >= 15 is 0 Å². The zero-order chi connectivity index (χ0) is 32.2. The molecule has 240 valence electrons. The molecule has 9 heteroatoms. The molecule has 0 bridgehead atoms. The maximum atomic E-state index is 14.3. The number of allylic oxidation sites excluding steroid dienone is 1. The van der Waals surface area contributed by atoms with Gasteiger partial charge in [0.15, 0.2) is 5.69 Å². The summed E-state index contributed by atoms with van der Waals surface area (Å²) in [6.45, 7) is 1.32. The monoisotopic (exact) mass is 638 g/mol. The van der Waals surface area contributed by atoms with Crippen LogP contribution in [0.3, 0.4) is 0 Å². The number of nitrogens with zero attached hydrogens (tertiary/aromatic N) is 2. The standard InChI is InChI=1S/C36H38F4N2S.H4N2/c1-26-34(42(41-35(26)36(38,39)40)33-22-19-28-17-11-12-18-31(28)33)32-25-29(20-21-30(32)27-15-9-8-10-16-27)43-24-14-7-5-3-2-4-6-13-23-37;1-2/h8-12,15-22,25,33H,2-7,13-14,23-24H2,1H3;1-2H2. The van der Waals surface area contributed by atoms with Gasteiger partial charge in [-0.2, -0.15) is 18.3 Å². The Morgan fingerprint density at radius 1 is 0.800 bits per heavy atom. The minimum Gasteiger partial charge on any atom is -0.274 e. The van der Waals surface area contributed by atoms with Crippen molar-refractivity contribution in [2.75, 3.05) is 12.4 Å². The molecule has 0 radical (unpaired) electrons. The second-order valence-electron chi connectivity index (χ2n) is 11.1. The number of thioether (sulfide) groups is 1. The van der Waals surface area contributed by atoms with Crippen LogP contribution in [0.4, 0.5) is 17.6 Å². The van der Waals surface area contributed by atoms with E-state index in [0.717, 1.165) is 70.6 Å². The fourth-order valence-electron chi connectivity index (χ4n) is 5.88. The predicted octanol–water partition coefficient (Wildman–Crippen LogP) is 10.2. The molecular formula is C36H42F4N4S. The third-order valence-corrected chi connectivity index (χ3v) is 9.16. The van der Waals surface area contributed by atoms with Crippen molar-refractivity contribution in [3.8, 4) is 22.4 Å². The highest BCUT2D eigenvalue weighted by molar-refractivity contribution is 7.99. The van der Waals surface area contributed by atoms with Gasteiger partial charge in [0.25, 0.3) is 0 Å². The van der Waals surface area contributed by atoms with Crippen molar-refractivity contribution in [1.82, 2.24) is 9.78 Å². The van der Waals surface area contributed by atoms with Crippen molar-refractivity contribution >= 4 is 17.8 Å². The Bertz CT molecular complexity index is 1530. The largest absolute Gasteiger partial charge is 0.435 e. The number of aromatic nitrogens is 2. The smallest absolute Gasteiger partial charge is 0.274 e. The van der Waals surface area contributed by atoms with Crippen LogP contribution in [0.2, 0.25) is 0 Å². The van der Waals surface area contributed by atoms with E-state index < -0.39 is 17.9 Å². The van der Waals surface area contributed by atoms with Gasteiger partial charge in [-0.1, -0.05) is 111 Å². The lowest BCUT2D eigenvalue weighted by molar-refractivity contribution is -0.141. The summed E-state index contributed by atoms with van der Waals surface area (Å²) in [6, 6.07) is 23.3. The highest BCUT2D eigenvalue weighted by Gasteiger charge is 2.39. The molecule has 0 spiro atoms. The third kappa shape index (κ3) is 8.66. The number of rotatable bonds is 14. The molecule has 0 fully saturated rings. The van der Waals surface area contributed by atoms with Gasteiger partial charge >= 0.3 is 6.18 Å². The van der Waals surface area contributed by atoms with Crippen LogP contribution in [-0.2, 0) is 6.18 Å². The number of unbranched alkanes of at least 4 members (excludes halogenated alkanes) is 7. The molecule has 4 N–H and O–H groups in total. The summed E-state index contributed by atoms with van der Waals surface area (Å²) >= 11 is 1.75. The maximum Gasteiger partial charge on any atom is 0.435 e. The van der Waals surface area contributed by atoms with Crippen LogP contribution >= 0.6 is 11.8 Å². The van der Waals surface area contributed by atoms with Gasteiger partial charge in [0, 0.05) is 16.0 Å². The number of hydrogen-bond acceptors (Lipinski definition) is 4. The summed E-state index contributed by atoms with van der Waals surface area (Å²) < 4.78 is 56.7. The first-order chi connectivity index (χ1) is 21.9. The molecule has 1 atom stereocenters. The third-order valence-electron chi connectivity index (χ3n) is 8.08. The Balaban J connectivity index is 0.00000226. The summed E-state index contributed by atoms with van der Waals surface area (Å²) in [5, 5.41) is 4.25. The summed E-state index contributed by atoms with van der Waals surface area (Å²) in [7, 11) is 0. The van der Waals surface area contributed by atoms with E-state index in [2.05, 4.69) is 22.9 Å². The zero-order valence-corrected chi connectivity index (χ0v) is 26.5. The lowest BCUT2D eigenvalue weighted by Crippen LogP contribution is -2.13. The first-order valence-corrected chi connectivity index (χ1v) is 16.5. The number of nitrogens with two attached hydrogens (primary N) is 2. The van der Waals surface area contributed by atoms with Crippen molar-refractivity contribution in [2.45, 2.75) is 75.4 Å². The van der Waals surface area contributed by atoms with Gasteiger partial charge in [0.05, 0.1) is 18.4 Å². The van der Waals surface area contributed by atoms with E-state index in [1.54, 1.807) is 23.4 Å². The van der Waals surface area contributed by atoms with E-state index in [0.29, 0.717) is 12.1 Å². The molecule has 1 aromatic heterocycles. The molecule has 4 nitrogen and oxygen atoms in total. The van der Waals surface area contributed by atoms with E-state index in [-0.39, 0.29) is 12.2 Å². The van der Waals surface area contributed by atoms with Crippen LogP contribution in [0.15, 0.2) is 83.8 Å². The molecule has 3 aromatic carbocycles. The van der Waals surface area contributed by atoms with Crippen LogP contribution < -0.4 is 11.7 Å². The van der Waals surface area contributed by atoms with Crippen molar-refractivity contribution in [1.29, 1.82) is 0 Å². The van der Waals surface area contributed by atoms with Crippen LogP contribution in [0.5, 0.6) is 0 Å². The fraction of sp³-hybridized carbons (Fsp3) is 0.361. The number of fused-ring (bicyclic) bond motifs is 1. The minimum absolute atomic E-state index is 0.135. The minimum atomic E-state index is -4.57. The fourth-order valence-corrected chi connectivity index (χ4v) is 6.83. The van der Waals surface area contributed by atoms with Crippen LogP contribution in [0.1, 0.15) is 79.8 Å². The molecule has 0 aliphatic heterocycles. The van der Waals surface area contributed by atoms with Gasteiger partial charge in [0.1, 0.15) is 0 Å². The Morgan fingerprint density at radius 2 is 1.44 bits per heavy atom. The first kappa shape index (κ1) is 34.5. The van der Waals surface area contributed by atoms with Gasteiger partial charge < -0.3 is 0 Å². The molecule has 1 heterocycles. The zero-order valence-electron chi connectivity index (χ0n) is 25.7. The summed E-state index contributed by atoms with van der Waals surface area (Å²) in [5.41, 5.74) is 4.30. The normalized spacial score (nSPS) is 13.9. The van der Waals surface area contributed by atoms with Gasteiger partial charge in [-0.25, -0.2) is 0 Å². The molecule has 0 saturated carbocycles. The van der Waals surface area contributed by atoms with Gasteiger partial charge in [-0.05, 0) is 59.9 Å². The van der Waals surface area contributed by atoms with Crippen molar-refractivity contribution in [3.05, 3.63) is 101 Å². The first-order valence-electron chi connectivity index (χ1n) is 15.5. The highest BCUT2D eigenvalue weighted by Crippen LogP contribution is 2.44. The lowest BCUT2D eigenvalue weighted by Gasteiger charge is -2.19. The quantitative estimate of drug-likeness (QED) is 0.0474. The van der Waals surface area contributed by atoms with Crippen molar-refractivity contribution in [3.63, 3.8) is 0 Å². The molecule has 5 rings (SSSR count). The summed E-state index contributed by atoms with van der Waals surface area (Å²) in [4.78, 5) is 1.03. The van der Waals surface area contributed by atoms with E-state index in [1.165, 1.54) is 12.8 Å². The molecule has 0 amide bonds. The van der Waals surface area contributed by atoms with E-state index in [9.17, 15) is 17.6 Å². The average Bonchev–Trinajstić information content (AvgIpc) is 3.64. The molecule has 1 aliphatic rings. The van der Waals surface area contributed by atoms with Gasteiger partial charge in [0.2, 0.25) is 0 Å². The van der Waals surface area contributed by atoms with Crippen molar-refractivity contribution in [2.24, 2.45) is 11.7 Å². The molecule has 1 unspecified atom stereocenters. The number of halogens is 4. The maximum absolute atomic E-state index is 14.3. The van der Waals surface area contributed by atoms with Crippen LogP contribution in [-0.4, -0.2) is 22.2 Å². The Kier molecular flexibility index (Phi) is 12.9. The number of hydrazine groups is 1. The van der Waals surface area contributed by atoms with Gasteiger partial charge in [-0.3, -0.25) is 20.8 Å². The molecule has 4 aromatic rings. The predicted molar refractivity (Wildman–Crippen MR) is 178 cm³/mol. The Morgan fingerprint density at radius 3 is 2.13 bits per heavy atom. The second-order valence-corrected chi connectivity index (χ2v) is 12.3. The Hall–Kier alpha value is -3.40. The second kappa shape index (κ2) is 16.8. The van der Waals surface area contributed by atoms with Crippen molar-refractivity contribution < 1.29 is 17.6 Å². The lowest BCUT2D eigenvalue weighted by atomic mass is 9.95. The summed E-state index contributed by atoms with van der Waals surface area (Å²) in [5.74, 6) is 8.94. The van der Waals surface area contributed by atoms with E-state index in [1.807, 2.05) is 78.9 Å².